The third-order valence-electron chi connectivity index (χ3n) is 2.24. The van der Waals surface area contributed by atoms with Crippen molar-refractivity contribution in [1.82, 2.24) is 5.32 Å². The highest BCUT2D eigenvalue weighted by Crippen LogP contribution is 2.15. The molecule has 1 atom stereocenters. The van der Waals surface area contributed by atoms with Crippen molar-refractivity contribution in [3.8, 4) is 0 Å². The molecule has 1 aromatic rings. The van der Waals surface area contributed by atoms with E-state index in [-0.39, 0.29) is 5.91 Å². The minimum absolute atomic E-state index is 0.0145. The van der Waals surface area contributed by atoms with Crippen LogP contribution in [0.15, 0.2) is 35.7 Å². The molecule has 0 spiro atoms. The average molecular weight is 223 g/mol. The van der Waals surface area contributed by atoms with Crippen molar-refractivity contribution in [2.75, 3.05) is 6.54 Å². The zero-order chi connectivity index (χ0) is 11.8. The molecule has 0 aromatic carbocycles. The minimum atomic E-state index is -0.585. The van der Waals surface area contributed by atoms with Gasteiger partial charge in [-0.2, -0.15) is 0 Å². The van der Waals surface area contributed by atoms with Crippen LogP contribution < -0.4 is 5.32 Å². The molecule has 1 unspecified atom stereocenters. The summed E-state index contributed by atoms with van der Waals surface area (Å²) in [6.45, 7) is 4.01. The van der Waals surface area contributed by atoms with Crippen LogP contribution in [0.25, 0.3) is 0 Å². The molecule has 0 radical (unpaired) electrons. The van der Waals surface area contributed by atoms with Gasteiger partial charge in [-0.3, -0.25) is 4.79 Å². The predicted molar refractivity (Wildman–Crippen MR) is 60.7 cm³/mol. The first kappa shape index (κ1) is 12.5. The van der Waals surface area contributed by atoms with E-state index in [2.05, 4.69) is 11.9 Å². The Balaban J connectivity index is 2.15. The van der Waals surface area contributed by atoms with Gasteiger partial charge in [-0.1, -0.05) is 6.08 Å². The summed E-state index contributed by atoms with van der Waals surface area (Å²) in [5, 5.41) is 12.4. The summed E-state index contributed by atoms with van der Waals surface area (Å²) in [6, 6.07) is 1.71. The quantitative estimate of drug-likeness (QED) is 0.693. The second-order valence-corrected chi connectivity index (χ2v) is 3.54. The molecule has 2 N–H and O–H groups in total. The number of hydrogen-bond donors (Lipinski definition) is 2. The number of aliphatic hydroxyl groups excluding tert-OH is 1. The lowest BCUT2D eigenvalue weighted by molar-refractivity contribution is -0.121. The Kier molecular flexibility index (Phi) is 5.36. The molecular formula is C12H17NO3. The van der Waals surface area contributed by atoms with Crippen molar-refractivity contribution in [3.63, 3.8) is 0 Å². The first-order valence-electron chi connectivity index (χ1n) is 5.31. The van der Waals surface area contributed by atoms with Gasteiger partial charge in [-0.25, -0.2) is 0 Å². The van der Waals surface area contributed by atoms with E-state index in [0.29, 0.717) is 25.8 Å². The molecule has 0 bridgehead atoms. The van der Waals surface area contributed by atoms with Crippen LogP contribution in [0.2, 0.25) is 0 Å². The molecule has 0 saturated heterocycles. The molecule has 1 rings (SSSR count). The standard InChI is InChI=1S/C12H17NO3/c1-2-3-4-12(15)13-7-5-11(14)10-6-8-16-9-10/h2,6,8-9,11,14H,1,3-5,7H2,(H,13,15). The molecule has 16 heavy (non-hydrogen) atoms. The summed E-state index contributed by atoms with van der Waals surface area (Å²) in [5.41, 5.74) is 0.736. The normalized spacial score (nSPS) is 12.1. The van der Waals surface area contributed by atoms with Crippen LogP contribution in [-0.2, 0) is 4.79 Å². The first-order valence-corrected chi connectivity index (χ1v) is 5.31. The van der Waals surface area contributed by atoms with E-state index in [4.69, 9.17) is 4.42 Å². The summed E-state index contributed by atoms with van der Waals surface area (Å²) in [4.78, 5) is 11.2. The average Bonchev–Trinajstić information content (AvgIpc) is 2.79. The SMILES string of the molecule is C=CCCC(=O)NCCC(O)c1ccoc1. The van der Waals surface area contributed by atoms with Gasteiger partial charge in [-0.05, 0) is 18.9 Å². The highest BCUT2D eigenvalue weighted by atomic mass is 16.3. The molecular weight excluding hydrogens is 206 g/mol. The molecule has 4 nitrogen and oxygen atoms in total. The van der Waals surface area contributed by atoms with Crippen molar-refractivity contribution in [2.45, 2.75) is 25.4 Å². The number of carbonyl (C=O) groups excluding carboxylic acids is 1. The van der Waals surface area contributed by atoms with Crippen LogP contribution in [0.1, 0.15) is 30.9 Å². The van der Waals surface area contributed by atoms with Gasteiger partial charge >= 0.3 is 0 Å². The lowest BCUT2D eigenvalue weighted by Gasteiger charge is -2.08. The third-order valence-corrected chi connectivity index (χ3v) is 2.24. The van der Waals surface area contributed by atoms with E-state index in [1.165, 1.54) is 12.5 Å². The fourth-order valence-corrected chi connectivity index (χ4v) is 1.30. The molecule has 1 amide bonds. The molecule has 0 saturated carbocycles. The number of carbonyl (C=O) groups is 1. The third kappa shape index (κ3) is 4.31. The van der Waals surface area contributed by atoms with Crippen LogP contribution >= 0.6 is 0 Å². The smallest absolute Gasteiger partial charge is 0.220 e. The summed E-state index contributed by atoms with van der Waals surface area (Å²) < 4.78 is 4.86. The zero-order valence-electron chi connectivity index (χ0n) is 9.19. The highest BCUT2D eigenvalue weighted by Gasteiger charge is 2.08. The molecule has 0 aliphatic rings. The predicted octanol–water partition coefficient (Wildman–Crippen LogP) is 1.79. The van der Waals surface area contributed by atoms with Crippen LogP contribution in [0.5, 0.6) is 0 Å². The first-order chi connectivity index (χ1) is 7.74. The van der Waals surface area contributed by atoms with Crippen molar-refractivity contribution in [2.24, 2.45) is 0 Å². The van der Waals surface area contributed by atoms with Gasteiger partial charge in [0.15, 0.2) is 0 Å². The van der Waals surface area contributed by atoms with Gasteiger partial charge in [0.05, 0.1) is 18.6 Å². The monoisotopic (exact) mass is 223 g/mol. The van der Waals surface area contributed by atoms with Gasteiger partial charge in [0.25, 0.3) is 0 Å². The maximum Gasteiger partial charge on any atom is 0.220 e. The topological polar surface area (TPSA) is 62.5 Å². The maximum absolute atomic E-state index is 11.2. The number of amides is 1. The number of furan rings is 1. The van der Waals surface area contributed by atoms with Crippen LogP contribution in [0.3, 0.4) is 0 Å². The Labute approximate surface area is 95.0 Å². The number of hydrogen-bond acceptors (Lipinski definition) is 3. The van der Waals surface area contributed by atoms with Gasteiger partial charge < -0.3 is 14.8 Å². The Morgan fingerprint density at radius 3 is 3.12 bits per heavy atom. The highest BCUT2D eigenvalue weighted by molar-refractivity contribution is 5.75. The summed E-state index contributed by atoms with van der Waals surface area (Å²) >= 11 is 0. The second-order valence-electron chi connectivity index (χ2n) is 3.54. The Hall–Kier alpha value is -1.55. The largest absolute Gasteiger partial charge is 0.472 e. The van der Waals surface area contributed by atoms with Gasteiger partial charge in [-0.15, -0.1) is 6.58 Å². The molecule has 1 heterocycles. The minimum Gasteiger partial charge on any atom is -0.472 e. The van der Waals surface area contributed by atoms with Crippen LogP contribution in [0, 0.1) is 0 Å². The summed E-state index contributed by atoms with van der Waals surface area (Å²) in [5.74, 6) is -0.0145. The van der Waals surface area contributed by atoms with Crippen molar-refractivity contribution >= 4 is 5.91 Å². The number of aliphatic hydroxyl groups is 1. The van der Waals surface area contributed by atoms with E-state index in [9.17, 15) is 9.90 Å². The Bertz CT molecular complexity index is 319. The maximum atomic E-state index is 11.2. The summed E-state index contributed by atoms with van der Waals surface area (Å²) in [6.07, 6.45) is 5.75. The van der Waals surface area contributed by atoms with Crippen LogP contribution in [-0.4, -0.2) is 17.6 Å². The van der Waals surface area contributed by atoms with Gasteiger partial charge in [0, 0.05) is 18.5 Å². The van der Waals surface area contributed by atoms with E-state index in [1.807, 2.05) is 0 Å². The molecule has 0 aliphatic heterocycles. The molecule has 0 aliphatic carbocycles. The fraction of sp³-hybridized carbons (Fsp3) is 0.417. The number of allylic oxidation sites excluding steroid dienone is 1. The van der Waals surface area contributed by atoms with Crippen molar-refractivity contribution in [1.29, 1.82) is 0 Å². The molecule has 4 heteroatoms. The Morgan fingerprint density at radius 1 is 1.69 bits per heavy atom. The second kappa shape index (κ2) is 6.85. The van der Waals surface area contributed by atoms with Gasteiger partial charge in [0.2, 0.25) is 5.91 Å². The van der Waals surface area contributed by atoms with E-state index in [1.54, 1.807) is 12.1 Å². The lowest BCUT2D eigenvalue weighted by Crippen LogP contribution is -2.25. The van der Waals surface area contributed by atoms with E-state index in [0.717, 1.165) is 5.56 Å². The van der Waals surface area contributed by atoms with Crippen LogP contribution in [0.4, 0.5) is 0 Å². The molecule has 0 fully saturated rings. The fourth-order valence-electron chi connectivity index (χ4n) is 1.30. The number of rotatable bonds is 7. The van der Waals surface area contributed by atoms with E-state index < -0.39 is 6.10 Å². The zero-order valence-corrected chi connectivity index (χ0v) is 9.19. The molecule has 1 aromatic heterocycles. The number of nitrogens with one attached hydrogen (secondary N) is 1. The van der Waals surface area contributed by atoms with Gasteiger partial charge in [0.1, 0.15) is 0 Å². The van der Waals surface area contributed by atoms with E-state index >= 15 is 0 Å². The lowest BCUT2D eigenvalue weighted by atomic mass is 10.1. The van der Waals surface area contributed by atoms with Crippen molar-refractivity contribution < 1.29 is 14.3 Å². The van der Waals surface area contributed by atoms with Crippen molar-refractivity contribution in [3.05, 3.63) is 36.8 Å². The Morgan fingerprint density at radius 2 is 2.50 bits per heavy atom. The molecule has 88 valence electrons. The summed E-state index contributed by atoms with van der Waals surface area (Å²) in [7, 11) is 0.